The van der Waals surface area contributed by atoms with E-state index in [4.69, 9.17) is 5.73 Å². The molecule has 0 fully saturated rings. The van der Waals surface area contributed by atoms with E-state index >= 15 is 0 Å². The summed E-state index contributed by atoms with van der Waals surface area (Å²) in [6.07, 6.45) is 0. The molecule has 0 spiro atoms. The fourth-order valence-electron chi connectivity index (χ4n) is 0.743. The second kappa shape index (κ2) is 3.37. The Labute approximate surface area is 65.8 Å². The van der Waals surface area contributed by atoms with E-state index in [9.17, 15) is 0 Å². The van der Waals surface area contributed by atoms with Crippen molar-refractivity contribution < 1.29 is 0 Å². The van der Waals surface area contributed by atoms with Crippen LogP contribution in [0.25, 0.3) is 0 Å². The quantitative estimate of drug-likeness (QED) is 0.343. The highest BCUT2D eigenvalue weighted by Crippen LogP contribution is 2.15. The fourth-order valence-corrected chi connectivity index (χ4v) is 0.914. The molecule has 0 radical (unpaired) electrons. The molecule has 0 atom stereocenters. The van der Waals surface area contributed by atoms with Crippen LogP contribution in [-0.4, -0.2) is 5.88 Å². The molecule has 0 aliphatic heterocycles. The SMILES string of the molecule is Nc1ccccc1NCS. The van der Waals surface area contributed by atoms with Crippen LogP contribution in [0.2, 0.25) is 0 Å². The largest absolute Gasteiger partial charge is 0.397 e. The van der Waals surface area contributed by atoms with Crippen molar-refractivity contribution in [2.75, 3.05) is 16.9 Å². The van der Waals surface area contributed by atoms with Gasteiger partial charge in [0.15, 0.2) is 0 Å². The van der Waals surface area contributed by atoms with E-state index in [0.717, 1.165) is 11.4 Å². The molecule has 0 amide bonds. The third-order valence-electron chi connectivity index (χ3n) is 1.23. The normalized spacial score (nSPS) is 9.30. The van der Waals surface area contributed by atoms with Crippen molar-refractivity contribution in [3.8, 4) is 0 Å². The number of nitrogens with two attached hydrogens (primary N) is 1. The topological polar surface area (TPSA) is 38.0 Å². The van der Waals surface area contributed by atoms with Crippen LogP contribution < -0.4 is 11.1 Å². The summed E-state index contributed by atoms with van der Waals surface area (Å²) in [4.78, 5) is 0. The van der Waals surface area contributed by atoms with Crippen LogP contribution in [0.15, 0.2) is 24.3 Å². The number of rotatable bonds is 2. The van der Waals surface area contributed by atoms with Gasteiger partial charge >= 0.3 is 0 Å². The maximum absolute atomic E-state index is 5.61. The zero-order chi connectivity index (χ0) is 7.40. The van der Waals surface area contributed by atoms with Gasteiger partial charge < -0.3 is 11.1 Å². The van der Waals surface area contributed by atoms with Crippen molar-refractivity contribution in [2.45, 2.75) is 0 Å². The second-order valence-corrected chi connectivity index (χ2v) is 2.24. The Bertz CT molecular complexity index is 213. The first kappa shape index (κ1) is 7.28. The highest BCUT2D eigenvalue weighted by Gasteiger charge is 1.91. The van der Waals surface area contributed by atoms with Crippen LogP contribution in [0.4, 0.5) is 11.4 Å². The summed E-state index contributed by atoms with van der Waals surface area (Å²) in [6.45, 7) is 0. The first-order valence-corrected chi connectivity index (χ1v) is 3.67. The first-order chi connectivity index (χ1) is 4.84. The van der Waals surface area contributed by atoms with Gasteiger partial charge in [-0.25, -0.2) is 0 Å². The zero-order valence-corrected chi connectivity index (χ0v) is 6.44. The molecule has 0 saturated carbocycles. The lowest BCUT2D eigenvalue weighted by molar-refractivity contribution is 1.47. The standard InChI is InChI=1S/C7H10N2S/c8-6-3-1-2-4-7(6)9-5-10/h1-4,9-10H,5,8H2. The van der Waals surface area contributed by atoms with E-state index < -0.39 is 0 Å². The third kappa shape index (κ3) is 1.57. The average Bonchev–Trinajstić information content (AvgIpc) is 1.94. The predicted molar refractivity (Wildman–Crippen MR) is 48.3 cm³/mol. The minimum atomic E-state index is 0.605. The Morgan fingerprint density at radius 2 is 2.10 bits per heavy atom. The van der Waals surface area contributed by atoms with Gasteiger partial charge in [-0.2, -0.15) is 12.6 Å². The first-order valence-electron chi connectivity index (χ1n) is 3.04. The van der Waals surface area contributed by atoms with Crippen LogP contribution >= 0.6 is 12.6 Å². The molecule has 1 rings (SSSR count). The number of thiol groups is 1. The molecular weight excluding hydrogens is 144 g/mol. The minimum Gasteiger partial charge on any atom is -0.397 e. The summed E-state index contributed by atoms with van der Waals surface area (Å²) < 4.78 is 0. The van der Waals surface area contributed by atoms with Crippen LogP contribution in [-0.2, 0) is 0 Å². The van der Waals surface area contributed by atoms with Gasteiger partial charge in [-0.05, 0) is 12.1 Å². The summed E-state index contributed by atoms with van der Waals surface area (Å²) in [5.74, 6) is 0.605. The lowest BCUT2D eigenvalue weighted by Crippen LogP contribution is -1.98. The van der Waals surface area contributed by atoms with Gasteiger partial charge in [0.05, 0.1) is 17.3 Å². The maximum atomic E-state index is 5.61. The summed E-state index contributed by atoms with van der Waals surface area (Å²) in [6, 6.07) is 7.61. The van der Waals surface area contributed by atoms with Crippen molar-refractivity contribution in [3.63, 3.8) is 0 Å². The molecule has 1 aromatic rings. The van der Waals surface area contributed by atoms with Crippen LogP contribution in [0.3, 0.4) is 0 Å². The van der Waals surface area contributed by atoms with Gasteiger partial charge in [-0.3, -0.25) is 0 Å². The molecule has 0 heterocycles. The Balaban J connectivity index is 2.81. The summed E-state index contributed by atoms with van der Waals surface area (Å²) in [5.41, 5.74) is 7.31. The van der Waals surface area contributed by atoms with Gasteiger partial charge in [0.2, 0.25) is 0 Å². The maximum Gasteiger partial charge on any atom is 0.0582 e. The van der Waals surface area contributed by atoms with E-state index in [-0.39, 0.29) is 0 Å². The smallest absolute Gasteiger partial charge is 0.0582 e. The molecule has 54 valence electrons. The van der Waals surface area contributed by atoms with E-state index in [1.165, 1.54) is 0 Å². The molecule has 1 aromatic carbocycles. The molecule has 3 N–H and O–H groups in total. The van der Waals surface area contributed by atoms with Crippen molar-refractivity contribution in [3.05, 3.63) is 24.3 Å². The number of hydrogen-bond acceptors (Lipinski definition) is 3. The van der Waals surface area contributed by atoms with Crippen molar-refractivity contribution >= 4 is 24.0 Å². The Morgan fingerprint density at radius 1 is 1.40 bits per heavy atom. The average molecular weight is 154 g/mol. The lowest BCUT2D eigenvalue weighted by atomic mass is 10.3. The number of nitrogen functional groups attached to an aromatic ring is 1. The van der Waals surface area contributed by atoms with Crippen LogP contribution in [0, 0.1) is 0 Å². The Hall–Kier alpha value is -0.830. The molecule has 10 heavy (non-hydrogen) atoms. The van der Waals surface area contributed by atoms with Gasteiger partial charge in [-0.1, -0.05) is 12.1 Å². The summed E-state index contributed by atoms with van der Waals surface area (Å²) in [7, 11) is 0. The van der Waals surface area contributed by atoms with Crippen LogP contribution in [0.1, 0.15) is 0 Å². The van der Waals surface area contributed by atoms with E-state index in [0.29, 0.717) is 5.88 Å². The molecule has 3 heteroatoms. The monoisotopic (exact) mass is 154 g/mol. The molecule has 0 aromatic heterocycles. The number of hydrogen-bond donors (Lipinski definition) is 3. The van der Waals surface area contributed by atoms with Gasteiger partial charge in [0.25, 0.3) is 0 Å². The summed E-state index contributed by atoms with van der Waals surface area (Å²) >= 11 is 4.01. The Morgan fingerprint density at radius 3 is 2.70 bits per heavy atom. The van der Waals surface area contributed by atoms with E-state index in [1.54, 1.807) is 0 Å². The number of nitrogens with one attached hydrogen (secondary N) is 1. The predicted octanol–water partition coefficient (Wildman–Crippen LogP) is 1.57. The molecule has 2 nitrogen and oxygen atoms in total. The summed E-state index contributed by atoms with van der Waals surface area (Å²) in [5, 5.41) is 3.01. The number of para-hydroxylation sites is 2. The van der Waals surface area contributed by atoms with Gasteiger partial charge in [0.1, 0.15) is 0 Å². The molecule has 0 saturated heterocycles. The van der Waals surface area contributed by atoms with Gasteiger partial charge in [-0.15, -0.1) is 0 Å². The highest BCUT2D eigenvalue weighted by atomic mass is 32.1. The molecule has 0 aliphatic carbocycles. The molecule has 0 aliphatic rings. The third-order valence-corrected chi connectivity index (χ3v) is 1.39. The molecule has 0 unspecified atom stereocenters. The van der Waals surface area contributed by atoms with Crippen molar-refractivity contribution in [1.29, 1.82) is 0 Å². The van der Waals surface area contributed by atoms with E-state index in [2.05, 4.69) is 17.9 Å². The van der Waals surface area contributed by atoms with Crippen LogP contribution in [0.5, 0.6) is 0 Å². The van der Waals surface area contributed by atoms with E-state index in [1.807, 2.05) is 24.3 Å². The van der Waals surface area contributed by atoms with Crippen molar-refractivity contribution in [2.24, 2.45) is 0 Å². The fraction of sp³-hybridized carbons (Fsp3) is 0.143. The minimum absolute atomic E-state index is 0.605. The molecular formula is C7H10N2S. The number of benzene rings is 1. The number of anilines is 2. The van der Waals surface area contributed by atoms with Gasteiger partial charge in [0, 0.05) is 0 Å². The highest BCUT2D eigenvalue weighted by molar-refractivity contribution is 7.80. The zero-order valence-electron chi connectivity index (χ0n) is 5.54. The molecule has 0 bridgehead atoms. The second-order valence-electron chi connectivity index (χ2n) is 1.92. The Kier molecular flexibility index (Phi) is 2.45. The lowest BCUT2D eigenvalue weighted by Gasteiger charge is -2.04. The van der Waals surface area contributed by atoms with Crippen molar-refractivity contribution in [1.82, 2.24) is 0 Å².